The first-order chi connectivity index (χ1) is 8.66. The number of carboxylic acid groups (broad SMARTS) is 1. The molecule has 0 aromatic carbocycles. The Bertz CT molecular complexity index is 546. The van der Waals surface area contributed by atoms with E-state index in [0.29, 0.717) is 5.76 Å². The van der Waals surface area contributed by atoms with Gasteiger partial charge in [0.05, 0.1) is 18.4 Å². The van der Waals surface area contributed by atoms with Gasteiger partial charge in [-0.3, -0.25) is 9.78 Å². The molecule has 2 aromatic rings. The first-order valence-electron chi connectivity index (χ1n) is 5.17. The van der Waals surface area contributed by atoms with Gasteiger partial charge in [-0.15, -0.1) is 0 Å². The van der Waals surface area contributed by atoms with Crippen LogP contribution in [0.1, 0.15) is 26.6 Å². The fourth-order valence-electron chi connectivity index (χ4n) is 1.33. The average molecular weight is 246 g/mol. The molecule has 2 aromatic heterocycles. The second-order valence-corrected chi connectivity index (χ2v) is 3.50. The van der Waals surface area contributed by atoms with Crippen LogP contribution in [0.15, 0.2) is 41.1 Å². The highest BCUT2D eigenvalue weighted by Crippen LogP contribution is 2.02. The molecular formula is C12H10N2O4. The normalized spacial score (nSPS) is 10.0. The SMILES string of the molecule is O=C(O)c1ccc(C(=O)NCc2ccco2)nc1. The lowest BCUT2D eigenvalue weighted by Crippen LogP contribution is -2.23. The summed E-state index contributed by atoms with van der Waals surface area (Å²) in [4.78, 5) is 26.0. The van der Waals surface area contributed by atoms with Crippen molar-refractivity contribution < 1.29 is 19.1 Å². The zero-order valence-electron chi connectivity index (χ0n) is 9.29. The van der Waals surface area contributed by atoms with E-state index in [2.05, 4.69) is 10.3 Å². The molecule has 0 saturated carbocycles. The number of rotatable bonds is 4. The second-order valence-electron chi connectivity index (χ2n) is 3.50. The lowest BCUT2D eigenvalue weighted by Gasteiger charge is -2.02. The third-order valence-corrected chi connectivity index (χ3v) is 2.25. The summed E-state index contributed by atoms with van der Waals surface area (Å²) in [7, 11) is 0. The van der Waals surface area contributed by atoms with Crippen LogP contribution in [0, 0.1) is 0 Å². The van der Waals surface area contributed by atoms with Gasteiger partial charge in [-0.1, -0.05) is 0 Å². The molecule has 0 bridgehead atoms. The fraction of sp³-hybridized carbons (Fsp3) is 0.0833. The number of furan rings is 1. The van der Waals surface area contributed by atoms with E-state index in [9.17, 15) is 9.59 Å². The summed E-state index contributed by atoms with van der Waals surface area (Å²) in [5.41, 5.74) is 0.198. The zero-order valence-corrected chi connectivity index (χ0v) is 9.29. The number of carbonyl (C=O) groups excluding carboxylic acids is 1. The minimum absolute atomic E-state index is 0.0394. The smallest absolute Gasteiger partial charge is 0.337 e. The van der Waals surface area contributed by atoms with Crippen molar-refractivity contribution in [1.82, 2.24) is 10.3 Å². The van der Waals surface area contributed by atoms with Crippen LogP contribution in [0.2, 0.25) is 0 Å². The number of amides is 1. The van der Waals surface area contributed by atoms with E-state index < -0.39 is 5.97 Å². The van der Waals surface area contributed by atoms with Crippen molar-refractivity contribution in [3.8, 4) is 0 Å². The molecule has 18 heavy (non-hydrogen) atoms. The molecule has 0 aliphatic carbocycles. The lowest BCUT2D eigenvalue weighted by molar-refractivity contribution is 0.0695. The molecule has 92 valence electrons. The van der Waals surface area contributed by atoms with Crippen molar-refractivity contribution in [3.63, 3.8) is 0 Å². The molecule has 2 heterocycles. The number of nitrogens with zero attached hydrogens (tertiary/aromatic N) is 1. The highest BCUT2D eigenvalue weighted by atomic mass is 16.4. The minimum Gasteiger partial charge on any atom is -0.478 e. The number of pyridine rings is 1. The summed E-state index contributed by atoms with van der Waals surface area (Å²) >= 11 is 0. The highest BCUT2D eigenvalue weighted by Gasteiger charge is 2.09. The molecule has 6 nitrogen and oxygen atoms in total. The molecule has 0 aliphatic rings. The van der Waals surface area contributed by atoms with Gasteiger partial charge in [-0.05, 0) is 24.3 Å². The second kappa shape index (κ2) is 5.13. The van der Waals surface area contributed by atoms with Crippen LogP contribution in [0.25, 0.3) is 0 Å². The molecule has 2 rings (SSSR count). The Balaban J connectivity index is 1.98. The summed E-state index contributed by atoms with van der Waals surface area (Å²) in [6, 6.07) is 6.15. The summed E-state index contributed by atoms with van der Waals surface area (Å²) in [5.74, 6) is -0.834. The number of aromatic nitrogens is 1. The quantitative estimate of drug-likeness (QED) is 0.848. The van der Waals surface area contributed by atoms with Crippen molar-refractivity contribution in [2.45, 2.75) is 6.54 Å². The van der Waals surface area contributed by atoms with Gasteiger partial charge in [0.15, 0.2) is 0 Å². The summed E-state index contributed by atoms with van der Waals surface area (Å²) < 4.78 is 5.06. The predicted octanol–water partition coefficient (Wildman–Crippen LogP) is 1.30. The topological polar surface area (TPSA) is 92.4 Å². The lowest BCUT2D eigenvalue weighted by atomic mass is 10.2. The molecule has 1 amide bonds. The van der Waals surface area contributed by atoms with Gasteiger partial charge >= 0.3 is 5.97 Å². The summed E-state index contributed by atoms with van der Waals surface area (Å²) in [5, 5.41) is 11.3. The van der Waals surface area contributed by atoms with E-state index in [0.717, 1.165) is 6.20 Å². The maximum absolute atomic E-state index is 11.7. The van der Waals surface area contributed by atoms with E-state index in [1.807, 2.05) is 0 Å². The average Bonchev–Trinajstić information content (AvgIpc) is 2.89. The Morgan fingerprint density at radius 2 is 2.17 bits per heavy atom. The molecular weight excluding hydrogens is 236 g/mol. The Morgan fingerprint density at radius 1 is 1.33 bits per heavy atom. The molecule has 0 spiro atoms. The van der Waals surface area contributed by atoms with Crippen molar-refractivity contribution in [1.29, 1.82) is 0 Å². The van der Waals surface area contributed by atoms with E-state index in [1.54, 1.807) is 12.1 Å². The Labute approximate surface area is 102 Å². The summed E-state index contributed by atoms with van der Waals surface area (Å²) in [6.45, 7) is 0.258. The van der Waals surface area contributed by atoms with Gasteiger partial charge in [-0.2, -0.15) is 0 Å². The first-order valence-corrected chi connectivity index (χ1v) is 5.17. The van der Waals surface area contributed by atoms with Crippen LogP contribution in [0.5, 0.6) is 0 Å². The van der Waals surface area contributed by atoms with Crippen LogP contribution < -0.4 is 5.32 Å². The van der Waals surface area contributed by atoms with Gasteiger partial charge in [-0.25, -0.2) is 4.79 Å². The molecule has 0 unspecified atom stereocenters. The van der Waals surface area contributed by atoms with Crippen LogP contribution in [0.4, 0.5) is 0 Å². The van der Waals surface area contributed by atoms with Crippen LogP contribution in [-0.2, 0) is 6.54 Å². The monoisotopic (exact) mass is 246 g/mol. The number of aromatic carboxylic acids is 1. The third-order valence-electron chi connectivity index (χ3n) is 2.25. The number of hydrogen-bond donors (Lipinski definition) is 2. The fourth-order valence-corrected chi connectivity index (χ4v) is 1.33. The van der Waals surface area contributed by atoms with Gasteiger partial charge < -0.3 is 14.8 Å². The minimum atomic E-state index is -1.08. The van der Waals surface area contributed by atoms with Gasteiger partial charge in [0.25, 0.3) is 5.91 Å². The molecule has 6 heteroatoms. The Morgan fingerprint density at radius 3 is 2.72 bits per heavy atom. The van der Waals surface area contributed by atoms with E-state index in [1.165, 1.54) is 18.4 Å². The van der Waals surface area contributed by atoms with Crippen molar-refractivity contribution >= 4 is 11.9 Å². The van der Waals surface area contributed by atoms with Gasteiger partial charge in [0.2, 0.25) is 0 Å². The number of hydrogen-bond acceptors (Lipinski definition) is 4. The van der Waals surface area contributed by atoms with E-state index in [-0.39, 0.29) is 23.7 Å². The van der Waals surface area contributed by atoms with Crippen molar-refractivity contribution in [2.75, 3.05) is 0 Å². The largest absolute Gasteiger partial charge is 0.478 e. The zero-order chi connectivity index (χ0) is 13.0. The molecule has 2 N–H and O–H groups in total. The first kappa shape index (κ1) is 11.8. The van der Waals surface area contributed by atoms with Gasteiger partial charge in [0, 0.05) is 6.20 Å². The standard InChI is InChI=1S/C12H10N2O4/c15-11(14-7-9-2-1-5-18-9)10-4-3-8(6-13-10)12(16)17/h1-6H,7H2,(H,14,15)(H,16,17). The van der Waals surface area contributed by atoms with Crippen molar-refractivity contribution in [3.05, 3.63) is 53.7 Å². The van der Waals surface area contributed by atoms with Gasteiger partial charge in [0.1, 0.15) is 11.5 Å². The summed E-state index contributed by atoms with van der Waals surface area (Å²) in [6.07, 6.45) is 2.66. The Hall–Kier alpha value is -2.63. The van der Waals surface area contributed by atoms with Crippen molar-refractivity contribution in [2.24, 2.45) is 0 Å². The molecule has 0 saturated heterocycles. The van der Waals surface area contributed by atoms with E-state index >= 15 is 0 Å². The maximum atomic E-state index is 11.7. The van der Waals surface area contributed by atoms with Crippen LogP contribution >= 0.6 is 0 Å². The molecule has 0 aliphatic heterocycles. The number of nitrogens with one attached hydrogen (secondary N) is 1. The molecule has 0 radical (unpaired) electrons. The van der Waals surface area contributed by atoms with Crippen LogP contribution in [0.3, 0.4) is 0 Å². The highest BCUT2D eigenvalue weighted by molar-refractivity contribution is 5.93. The maximum Gasteiger partial charge on any atom is 0.337 e. The van der Waals surface area contributed by atoms with Crippen LogP contribution in [-0.4, -0.2) is 22.0 Å². The number of carbonyl (C=O) groups is 2. The predicted molar refractivity (Wildman–Crippen MR) is 61.1 cm³/mol. The molecule has 0 atom stereocenters. The Kier molecular flexibility index (Phi) is 3.38. The third kappa shape index (κ3) is 2.73. The van der Waals surface area contributed by atoms with E-state index in [4.69, 9.17) is 9.52 Å². The molecule has 0 fully saturated rings. The number of carboxylic acids is 1.